The molecule has 0 unspecified atom stereocenters. The molecule has 1 atom stereocenters. The van der Waals surface area contributed by atoms with E-state index in [2.05, 4.69) is 9.71 Å². The molecule has 3 N–H and O–H groups in total. The van der Waals surface area contributed by atoms with Crippen molar-refractivity contribution in [3.63, 3.8) is 0 Å². The smallest absolute Gasteiger partial charge is 0.333 e. The average Bonchev–Trinajstić information content (AvgIpc) is 2.84. The van der Waals surface area contributed by atoms with E-state index < -0.39 is 22.1 Å². The van der Waals surface area contributed by atoms with Gasteiger partial charge in [0.25, 0.3) is 0 Å². The second kappa shape index (κ2) is 6.91. The Kier molecular flexibility index (Phi) is 5.17. The van der Waals surface area contributed by atoms with Crippen molar-refractivity contribution in [2.75, 3.05) is 19.4 Å². The van der Waals surface area contributed by atoms with Gasteiger partial charge in [-0.15, -0.1) is 0 Å². The number of benzene rings is 1. The molecule has 0 fully saturated rings. The third-order valence-corrected chi connectivity index (χ3v) is 3.87. The third-order valence-electron chi connectivity index (χ3n) is 3.14. The second-order valence-electron chi connectivity index (χ2n) is 4.93. The summed E-state index contributed by atoms with van der Waals surface area (Å²) in [4.78, 5) is 14.4. The molecule has 7 nitrogen and oxygen atoms in total. The quantitative estimate of drug-likeness (QED) is 0.620. The topological polar surface area (TPSA) is 108 Å². The summed E-state index contributed by atoms with van der Waals surface area (Å²) in [6, 6.07) is 7.59. The van der Waals surface area contributed by atoms with Gasteiger partial charge in [-0.25, -0.2) is 17.9 Å². The van der Waals surface area contributed by atoms with Crippen LogP contribution >= 0.6 is 0 Å². The molecule has 0 radical (unpaired) electrons. The van der Waals surface area contributed by atoms with E-state index in [1.54, 1.807) is 6.20 Å². The highest BCUT2D eigenvalue weighted by Gasteiger charge is 2.20. The summed E-state index contributed by atoms with van der Waals surface area (Å²) >= 11 is 0. The molecular formula is C14H18N2O5S. The van der Waals surface area contributed by atoms with Gasteiger partial charge in [-0.1, -0.05) is 18.2 Å². The van der Waals surface area contributed by atoms with Crippen molar-refractivity contribution >= 4 is 26.9 Å². The van der Waals surface area contributed by atoms with Crippen molar-refractivity contribution in [1.29, 1.82) is 0 Å². The second-order valence-corrected chi connectivity index (χ2v) is 6.76. The summed E-state index contributed by atoms with van der Waals surface area (Å²) in [6.45, 7) is 0.0306. The molecule has 0 amide bonds. The standard InChI is InChI=1S/C14H18N2O5S/c1-22(19,20)16-6-7-21-13(14(17)18)8-10-9-15-12-5-3-2-4-11(10)12/h2-5,9,13,15-16H,6-8H2,1H3,(H,17,18)/t13-/m0/s1. The van der Waals surface area contributed by atoms with Crippen molar-refractivity contribution < 1.29 is 23.1 Å². The highest BCUT2D eigenvalue weighted by atomic mass is 32.2. The van der Waals surface area contributed by atoms with Crippen molar-refractivity contribution in [1.82, 2.24) is 9.71 Å². The zero-order chi connectivity index (χ0) is 16.2. The van der Waals surface area contributed by atoms with Crippen LogP contribution in [0.3, 0.4) is 0 Å². The van der Waals surface area contributed by atoms with Gasteiger partial charge in [-0.3, -0.25) is 0 Å². The zero-order valence-corrected chi connectivity index (χ0v) is 12.9. The molecule has 0 aliphatic heterocycles. The van der Waals surface area contributed by atoms with Crippen LogP contribution in [0.25, 0.3) is 10.9 Å². The number of para-hydroxylation sites is 1. The van der Waals surface area contributed by atoms with E-state index in [-0.39, 0.29) is 19.6 Å². The van der Waals surface area contributed by atoms with Crippen LogP contribution < -0.4 is 4.72 Å². The van der Waals surface area contributed by atoms with Gasteiger partial charge in [-0.2, -0.15) is 0 Å². The minimum absolute atomic E-state index is 0.00755. The molecule has 0 spiro atoms. The Hall–Kier alpha value is -1.90. The fourth-order valence-corrected chi connectivity index (χ4v) is 2.60. The lowest BCUT2D eigenvalue weighted by Gasteiger charge is -2.13. The molecule has 1 heterocycles. The van der Waals surface area contributed by atoms with Gasteiger partial charge in [0.05, 0.1) is 12.9 Å². The molecule has 22 heavy (non-hydrogen) atoms. The molecule has 0 saturated carbocycles. The summed E-state index contributed by atoms with van der Waals surface area (Å²) in [5.74, 6) is -1.08. The van der Waals surface area contributed by atoms with Crippen LogP contribution in [0.5, 0.6) is 0 Å². The molecule has 1 aromatic carbocycles. The van der Waals surface area contributed by atoms with Gasteiger partial charge < -0.3 is 14.8 Å². The van der Waals surface area contributed by atoms with Crippen molar-refractivity contribution in [3.8, 4) is 0 Å². The molecular weight excluding hydrogens is 308 g/mol. The van der Waals surface area contributed by atoms with Gasteiger partial charge in [0.2, 0.25) is 10.0 Å². The van der Waals surface area contributed by atoms with Gasteiger partial charge in [0, 0.05) is 30.1 Å². The van der Waals surface area contributed by atoms with E-state index >= 15 is 0 Å². The van der Waals surface area contributed by atoms with Gasteiger partial charge in [-0.05, 0) is 11.6 Å². The number of H-pyrrole nitrogens is 1. The molecule has 120 valence electrons. The van der Waals surface area contributed by atoms with E-state index in [0.29, 0.717) is 0 Å². The number of fused-ring (bicyclic) bond motifs is 1. The van der Waals surface area contributed by atoms with E-state index in [1.165, 1.54) is 0 Å². The average molecular weight is 326 g/mol. The summed E-state index contributed by atoms with van der Waals surface area (Å²) in [5, 5.41) is 10.2. The van der Waals surface area contributed by atoms with Gasteiger partial charge in [0.15, 0.2) is 6.10 Å². The maximum atomic E-state index is 11.3. The number of carboxylic acid groups (broad SMARTS) is 1. The van der Waals surface area contributed by atoms with Crippen LogP contribution in [0.1, 0.15) is 5.56 Å². The number of aromatic nitrogens is 1. The van der Waals surface area contributed by atoms with Crippen molar-refractivity contribution in [2.24, 2.45) is 0 Å². The summed E-state index contributed by atoms with van der Waals surface area (Å²) in [6.07, 6.45) is 1.98. The van der Waals surface area contributed by atoms with Crippen molar-refractivity contribution in [2.45, 2.75) is 12.5 Å². The fraction of sp³-hybridized carbons (Fsp3) is 0.357. The Morgan fingerprint density at radius 1 is 1.41 bits per heavy atom. The number of carbonyl (C=O) groups is 1. The van der Waals surface area contributed by atoms with Crippen molar-refractivity contribution in [3.05, 3.63) is 36.0 Å². The number of aromatic amines is 1. The van der Waals surface area contributed by atoms with Gasteiger partial charge >= 0.3 is 5.97 Å². The Balaban J connectivity index is 1.98. The normalized spacial score (nSPS) is 13.3. The Morgan fingerprint density at radius 3 is 2.82 bits per heavy atom. The van der Waals surface area contributed by atoms with Crippen LogP contribution in [0.4, 0.5) is 0 Å². The predicted octanol–water partition coefficient (Wildman–Crippen LogP) is 0.729. The maximum Gasteiger partial charge on any atom is 0.333 e. The first kappa shape index (κ1) is 16.5. The largest absolute Gasteiger partial charge is 0.479 e. The summed E-state index contributed by atoms with van der Waals surface area (Å²) in [7, 11) is -3.30. The Labute approximate surface area is 128 Å². The number of nitrogens with one attached hydrogen (secondary N) is 2. The number of hydrogen-bond acceptors (Lipinski definition) is 4. The van der Waals surface area contributed by atoms with Gasteiger partial charge in [0.1, 0.15) is 0 Å². The van der Waals surface area contributed by atoms with E-state index in [1.807, 2.05) is 24.3 Å². The molecule has 1 aromatic heterocycles. The van der Waals surface area contributed by atoms with Crippen LogP contribution in [-0.2, 0) is 26.0 Å². The molecule has 2 rings (SSSR count). The number of aliphatic carboxylic acids is 1. The fourth-order valence-electron chi connectivity index (χ4n) is 2.15. The number of sulfonamides is 1. The molecule has 8 heteroatoms. The summed E-state index contributed by atoms with van der Waals surface area (Å²) in [5.41, 5.74) is 1.78. The zero-order valence-electron chi connectivity index (χ0n) is 12.1. The Bertz CT molecular complexity index is 753. The van der Waals surface area contributed by atoms with E-state index in [4.69, 9.17) is 4.74 Å². The minimum atomic E-state index is -3.30. The lowest BCUT2D eigenvalue weighted by Crippen LogP contribution is -2.31. The highest BCUT2D eigenvalue weighted by Crippen LogP contribution is 2.19. The molecule has 0 bridgehead atoms. The number of carboxylic acids is 1. The van der Waals surface area contributed by atoms with E-state index in [0.717, 1.165) is 22.7 Å². The SMILES string of the molecule is CS(=O)(=O)NCCO[C@@H](Cc1c[nH]c2ccccc12)C(=O)O. The number of rotatable bonds is 8. The summed E-state index contributed by atoms with van der Waals surface area (Å²) < 4.78 is 29.4. The lowest BCUT2D eigenvalue weighted by molar-refractivity contribution is -0.150. The molecule has 0 aliphatic rings. The molecule has 2 aromatic rings. The third kappa shape index (κ3) is 4.55. The maximum absolute atomic E-state index is 11.3. The Morgan fingerprint density at radius 2 is 2.14 bits per heavy atom. The van der Waals surface area contributed by atoms with E-state index in [9.17, 15) is 18.3 Å². The lowest BCUT2D eigenvalue weighted by atomic mass is 10.1. The van der Waals surface area contributed by atoms with Crippen LogP contribution in [0.15, 0.2) is 30.5 Å². The highest BCUT2D eigenvalue weighted by molar-refractivity contribution is 7.88. The molecule has 0 saturated heterocycles. The molecule has 0 aliphatic carbocycles. The predicted molar refractivity (Wildman–Crippen MR) is 82.2 cm³/mol. The first-order valence-corrected chi connectivity index (χ1v) is 8.60. The van der Waals surface area contributed by atoms with Crippen LogP contribution in [0.2, 0.25) is 0 Å². The van der Waals surface area contributed by atoms with Crippen LogP contribution in [0, 0.1) is 0 Å². The van der Waals surface area contributed by atoms with Crippen LogP contribution in [-0.4, -0.2) is 50.0 Å². The number of hydrogen-bond donors (Lipinski definition) is 3. The first-order valence-electron chi connectivity index (χ1n) is 6.71. The monoisotopic (exact) mass is 326 g/mol. The number of ether oxygens (including phenoxy) is 1. The first-order chi connectivity index (χ1) is 10.4. The minimum Gasteiger partial charge on any atom is -0.479 e.